The minimum absolute atomic E-state index is 0.0112. The van der Waals surface area contributed by atoms with Crippen LogP contribution in [0.5, 0.6) is 5.75 Å². The molecule has 0 fully saturated rings. The maximum absolute atomic E-state index is 12.6. The lowest BCUT2D eigenvalue weighted by Gasteiger charge is -2.20. The largest absolute Gasteiger partial charge is 0.497 e. The van der Waals surface area contributed by atoms with Gasteiger partial charge in [0.15, 0.2) is 0 Å². The van der Waals surface area contributed by atoms with E-state index in [0.717, 1.165) is 0 Å². The average molecular weight is 412 g/mol. The van der Waals surface area contributed by atoms with E-state index in [1.54, 1.807) is 31.2 Å². The van der Waals surface area contributed by atoms with Crippen molar-refractivity contribution in [3.8, 4) is 5.75 Å². The van der Waals surface area contributed by atoms with E-state index in [1.165, 1.54) is 36.3 Å². The third-order valence-electron chi connectivity index (χ3n) is 3.69. The molecule has 0 bridgehead atoms. The number of hydrogen-bond acceptors (Lipinski definition) is 4. The second kappa shape index (κ2) is 9.50. The topological polar surface area (TPSA) is 58.6 Å². The van der Waals surface area contributed by atoms with Crippen LogP contribution in [0, 0.1) is 0 Å². The highest BCUT2D eigenvalue weighted by atomic mass is 32.2. The molecule has 0 saturated heterocycles. The van der Waals surface area contributed by atoms with Gasteiger partial charge in [-0.2, -0.15) is 13.2 Å². The van der Waals surface area contributed by atoms with Crippen LogP contribution < -0.4 is 10.1 Å². The molecule has 5 nitrogen and oxygen atoms in total. The van der Waals surface area contributed by atoms with Crippen molar-refractivity contribution in [2.75, 3.05) is 25.5 Å². The van der Waals surface area contributed by atoms with Gasteiger partial charge >= 0.3 is 5.51 Å². The number of anilines is 1. The van der Waals surface area contributed by atoms with Gasteiger partial charge in [0.1, 0.15) is 12.3 Å². The Kier molecular flexibility index (Phi) is 7.33. The predicted molar refractivity (Wildman–Crippen MR) is 102 cm³/mol. The van der Waals surface area contributed by atoms with E-state index in [0.29, 0.717) is 11.4 Å². The summed E-state index contributed by atoms with van der Waals surface area (Å²) in [6.07, 6.45) is 0. The van der Waals surface area contributed by atoms with Crippen LogP contribution in [-0.2, 0) is 4.79 Å². The molecule has 28 heavy (non-hydrogen) atoms. The van der Waals surface area contributed by atoms with Crippen molar-refractivity contribution in [1.29, 1.82) is 0 Å². The Labute approximate surface area is 164 Å². The molecule has 0 saturated carbocycles. The lowest BCUT2D eigenvalue weighted by atomic mass is 10.2. The van der Waals surface area contributed by atoms with Crippen LogP contribution in [-0.4, -0.2) is 42.4 Å². The number of methoxy groups -OCH3 is 1. The van der Waals surface area contributed by atoms with E-state index >= 15 is 0 Å². The molecule has 150 valence electrons. The fourth-order valence-electron chi connectivity index (χ4n) is 2.38. The zero-order valence-electron chi connectivity index (χ0n) is 15.2. The number of rotatable bonds is 7. The van der Waals surface area contributed by atoms with Gasteiger partial charge in [-0.25, -0.2) is 0 Å². The summed E-state index contributed by atoms with van der Waals surface area (Å²) in [6.45, 7) is 1.79. The van der Waals surface area contributed by atoms with Crippen LogP contribution in [0.2, 0.25) is 0 Å². The first-order chi connectivity index (χ1) is 13.2. The first-order valence-corrected chi connectivity index (χ1v) is 9.12. The molecule has 2 aromatic carbocycles. The number of alkyl halides is 3. The van der Waals surface area contributed by atoms with Gasteiger partial charge in [-0.1, -0.05) is 6.07 Å². The van der Waals surface area contributed by atoms with E-state index in [1.807, 2.05) is 0 Å². The normalized spacial score (nSPS) is 11.0. The highest BCUT2D eigenvalue weighted by molar-refractivity contribution is 8.00. The maximum Gasteiger partial charge on any atom is 0.446 e. The molecule has 2 amide bonds. The Balaban J connectivity index is 2.01. The van der Waals surface area contributed by atoms with Gasteiger partial charge in [0.2, 0.25) is 5.91 Å². The van der Waals surface area contributed by atoms with Crippen molar-refractivity contribution >= 4 is 29.3 Å². The summed E-state index contributed by atoms with van der Waals surface area (Å²) in [6, 6.07) is 11.9. The molecule has 1 N–H and O–H groups in total. The molecule has 9 heteroatoms. The molecular formula is C19H19F3N2O3S. The average Bonchev–Trinajstić information content (AvgIpc) is 2.65. The summed E-state index contributed by atoms with van der Waals surface area (Å²) < 4.78 is 42.3. The predicted octanol–water partition coefficient (Wildman–Crippen LogP) is 4.41. The summed E-state index contributed by atoms with van der Waals surface area (Å²) >= 11 is -0.249. The number of ether oxygens (including phenoxy) is 1. The first kappa shape index (κ1) is 21.6. The molecule has 0 aromatic heterocycles. The van der Waals surface area contributed by atoms with E-state index in [-0.39, 0.29) is 35.3 Å². The van der Waals surface area contributed by atoms with Gasteiger partial charge in [-0.3, -0.25) is 9.59 Å². The van der Waals surface area contributed by atoms with Crippen molar-refractivity contribution < 1.29 is 27.5 Å². The molecule has 0 heterocycles. The smallest absolute Gasteiger partial charge is 0.446 e. The van der Waals surface area contributed by atoms with Crippen LogP contribution in [0.15, 0.2) is 53.4 Å². The van der Waals surface area contributed by atoms with Gasteiger partial charge in [-0.15, -0.1) is 0 Å². The van der Waals surface area contributed by atoms with Crippen molar-refractivity contribution in [2.24, 2.45) is 0 Å². The van der Waals surface area contributed by atoms with Crippen molar-refractivity contribution in [1.82, 2.24) is 4.90 Å². The Hall–Kier alpha value is -2.68. The van der Waals surface area contributed by atoms with Gasteiger partial charge in [0.05, 0.1) is 7.11 Å². The van der Waals surface area contributed by atoms with Gasteiger partial charge < -0.3 is 15.0 Å². The van der Waals surface area contributed by atoms with E-state index in [2.05, 4.69) is 5.32 Å². The molecule has 0 aliphatic rings. The quantitative estimate of drug-likeness (QED) is 0.685. The second-order valence-corrected chi connectivity index (χ2v) is 6.81. The molecule has 0 radical (unpaired) electrons. The summed E-state index contributed by atoms with van der Waals surface area (Å²) in [5, 5.41) is 2.68. The number of hydrogen-bond donors (Lipinski definition) is 1. The summed E-state index contributed by atoms with van der Waals surface area (Å²) in [4.78, 5) is 26.1. The molecule has 0 unspecified atom stereocenters. The number of thioether (sulfide) groups is 1. The standard InChI is InChI=1S/C19H19F3N2O3S/c1-3-24(12-17(25)23-14-5-4-6-15(11-14)27-2)18(26)13-7-9-16(10-8-13)28-19(20,21)22/h4-11H,3,12H2,1-2H3,(H,23,25). The number of likely N-dealkylation sites (N-methyl/N-ethyl adjacent to an activating group) is 1. The molecule has 0 aliphatic carbocycles. The van der Waals surface area contributed by atoms with Crippen LogP contribution >= 0.6 is 11.8 Å². The van der Waals surface area contributed by atoms with Crippen LogP contribution in [0.4, 0.5) is 18.9 Å². The zero-order valence-corrected chi connectivity index (χ0v) is 16.1. The van der Waals surface area contributed by atoms with Crippen LogP contribution in [0.25, 0.3) is 0 Å². The van der Waals surface area contributed by atoms with E-state index in [4.69, 9.17) is 4.74 Å². The highest BCUT2D eigenvalue weighted by Crippen LogP contribution is 2.36. The van der Waals surface area contributed by atoms with Gasteiger partial charge in [0, 0.05) is 28.8 Å². The Morgan fingerprint density at radius 3 is 2.39 bits per heavy atom. The molecule has 2 aromatic rings. The Morgan fingerprint density at radius 2 is 1.82 bits per heavy atom. The number of halogens is 3. The number of carbonyl (C=O) groups excluding carboxylic acids is 2. The van der Waals surface area contributed by atoms with Crippen molar-refractivity contribution in [2.45, 2.75) is 17.3 Å². The second-order valence-electron chi connectivity index (χ2n) is 5.67. The molecular weight excluding hydrogens is 393 g/mol. The highest BCUT2D eigenvalue weighted by Gasteiger charge is 2.29. The number of benzene rings is 2. The third kappa shape index (κ3) is 6.49. The summed E-state index contributed by atoms with van der Waals surface area (Å²) in [5.41, 5.74) is -3.65. The minimum Gasteiger partial charge on any atom is -0.497 e. The monoisotopic (exact) mass is 412 g/mol. The van der Waals surface area contributed by atoms with Gasteiger partial charge in [0.25, 0.3) is 5.91 Å². The molecule has 2 rings (SSSR count). The molecule has 0 aliphatic heterocycles. The fraction of sp³-hybridized carbons (Fsp3) is 0.263. The summed E-state index contributed by atoms with van der Waals surface area (Å²) in [5.74, 6) is -0.252. The van der Waals surface area contributed by atoms with Crippen molar-refractivity contribution in [3.63, 3.8) is 0 Å². The van der Waals surface area contributed by atoms with Crippen LogP contribution in [0.3, 0.4) is 0 Å². The fourth-order valence-corrected chi connectivity index (χ4v) is 2.92. The SMILES string of the molecule is CCN(CC(=O)Nc1cccc(OC)c1)C(=O)c1ccc(SC(F)(F)F)cc1. The Morgan fingerprint density at radius 1 is 1.14 bits per heavy atom. The minimum atomic E-state index is -4.39. The van der Waals surface area contributed by atoms with Crippen molar-refractivity contribution in [3.05, 3.63) is 54.1 Å². The van der Waals surface area contributed by atoms with E-state index in [9.17, 15) is 22.8 Å². The maximum atomic E-state index is 12.6. The van der Waals surface area contributed by atoms with Gasteiger partial charge in [-0.05, 0) is 55.1 Å². The van der Waals surface area contributed by atoms with E-state index < -0.39 is 17.3 Å². The number of carbonyl (C=O) groups is 2. The molecule has 0 atom stereocenters. The lowest BCUT2D eigenvalue weighted by molar-refractivity contribution is -0.116. The van der Waals surface area contributed by atoms with Crippen LogP contribution in [0.1, 0.15) is 17.3 Å². The zero-order chi connectivity index (χ0) is 20.7. The lowest BCUT2D eigenvalue weighted by Crippen LogP contribution is -2.37. The Bertz CT molecular complexity index is 826. The third-order valence-corrected chi connectivity index (χ3v) is 4.43. The first-order valence-electron chi connectivity index (χ1n) is 8.31. The summed E-state index contributed by atoms with van der Waals surface area (Å²) in [7, 11) is 1.51. The number of amides is 2. The number of nitrogens with zero attached hydrogens (tertiary/aromatic N) is 1. The molecule has 0 spiro atoms. The number of nitrogens with one attached hydrogen (secondary N) is 1.